The molecule has 1 unspecified atom stereocenters. The van der Waals surface area contributed by atoms with Gasteiger partial charge in [0.05, 0.1) is 0 Å². The standard InChI is InChI=1S/C26H19F5N2O3S/c27-19-3-5-20(6-4-19)37-24-8-2-18(15-32-24)21(13-16-9-11-33(34)12-10-16)17-1-7-22(35-25(28)29)23(14-17)36-26(30)31/h1-12,14-15,21,25-26H,13H2. The van der Waals surface area contributed by atoms with Crippen LogP contribution in [-0.2, 0) is 6.42 Å². The van der Waals surface area contributed by atoms with Crippen molar-refractivity contribution in [1.29, 1.82) is 0 Å². The first-order chi connectivity index (χ1) is 17.8. The molecule has 0 bridgehead atoms. The molecule has 0 fully saturated rings. The Labute approximate surface area is 213 Å². The van der Waals surface area contributed by atoms with E-state index >= 15 is 0 Å². The number of benzene rings is 2. The van der Waals surface area contributed by atoms with Crippen LogP contribution in [0.1, 0.15) is 22.6 Å². The van der Waals surface area contributed by atoms with Crippen LogP contribution in [0.5, 0.6) is 11.5 Å². The minimum absolute atomic E-state index is 0.343. The lowest BCUT2D eigenvalue weighted by molar-refractivity contribution is -0.605. The van der Waals surface area contributed by atoms with Crippen molar-refractivity contribution in [3.63, 3.8) is 0 Å². The van der Waals surface area contributed by atoms with E-state index in [0.717, 1.165) is 16.5 Å². The van der Waals surface area contributed by atoms with E-state index in [9.17, 15) is 27.2 Å². The fraction of sp³-hybridized carbons (Fsp3) is 0.154. The molecule has 0 radical (unpaired) electrons. The second-order valence-corrected chi connectivity index (χ2v) is 8.87. The van der Waals surface area contributed by atoms with Crippen molar-refractivity contribution >= 4 is 11.8 Å². The molecule has 2 aromatic carbocycles. The minimum atomic E-state index is -3.25. The molecule has 192 valence electrons. The average Bonchev–Trinajstić information content (AvgIpc) is 2.86. The highest BCUT2D eigenvalue weighted by atomic mass is 32.2. The van der Waals surface area contributed by atoms with Gasteiger partial charge in [0, 0.05) is 29.1 Å². The van der Waals surface area contributed by atoms with E-state index in [-0.39, 0.29) is 5.82 Å². The summed E-state index contributed by atoms with van der Waals surface area (Å²) in [4.78, 5) is 5.25. The van der Waals surface area contributed by atoms with E-state index in [1.807, 2.05) is 0 Å². The Morgan fingerprint density at radius 3 is 2.08 bits per heavy atom. The van der Waals surface area contributed by atoms with E-state index in [2.05, 4.69) is 14.5 Å². The summed E-state index contributed by atoms with van der Waals surface area (Å²) in [5, 5.41) is 12.1. The number of nitrogens with zero attached hydrogens (tertiary/aromatic N) is 2. The molecule has 0 spiro atoms. The summed E-state index contributed by atoms with van der Waals surface area (Å²) >= 11 is 1.33. The van der Waals surface area contributed by atoms with Crippen LogP contribution in [0.3, 0.4) is 0 Å². The highest BCUT2D eigenvalue weighted by Crippen LogP contribution is 2.37. The number of halogens is 5. The normalized spacial score (nSPS) is 12.1. The Morgan fingerprint density at radius 1 is 0.811 bits per heavy atom. The molecule has 2 aromatic heterocycles. The molecule has 1 atom stereocenters. The predicted molar refractivity (Wildman–Crippen MR) is 125 cm³/mol. The molecule has 4 aromatic rings. The molecular weight excluding hydrogens is 515 g/mol. The molecule has 0 amide bonds. The first-order valence-corrected chi connectivity index (χ1v) is 11.7. The third-order valence-electron chi connectivity index (χ3n) is 5.31. The molecule has 0 saturated heterocycles. The maximum Gasteiger partial charge on any atom is 0.387 e. The lowest BCUT2D eigenvalue weighted by Crippen LogP contribution is -2.24. The van der Waals surface area contributed by atoms with E-state index in [4.69, 9.17) is 0 Å². The van der Waals surface area contributed by atoms with Crippen molar-refractivity contribution in [2.24, 2.45) is 0 Å². The van der Waals surface area contributed by atoms with E-state index in [1.165, 1.54) is 48.4 Å². The number of aromatic nitrogens is 2. The highest BCUT2D eigenvalue weighted by molar-refractivity contribution is 7.99. The summed E-state index contributed by atoms with van der Waals surface area (Å²) in [6.07, 6.45) is 4.62. The smallest absolute Gasteiger partial charge is 0.387 e. The van der Waals surface area contributed by atoms with Gasteiger partial charge in [-0.1, -0.05) is 23.9 Å². The zero-order valence-corrected chi connectivity index (χ0v) is 19.8. The fourth-order valence-electron chi connectivity index (χ4n) is 3.65. The van der Waals surface area contributed by atoms with E-state index in [0.29, 0.717) is 27.3 Å². The Bertz CT molecular complexity index is 1310. The van der Waals surface area contributed by atoms with Crippen molar-refractivity contribution in [3.8, 4) is 11.5 Å². The molecule has 2 heterocycles. The van der Waals surface area contributed by atoms with Crippen molar-refractivity contribution in [2.75, 3.05) is 0 Å². The molecule has 0 aliphatic heterocycles. The molecule has 4 rings (SSSR count). The van der Waals surface area contributed by atoms with Crippen LogP contribution in [-0.4, -0.2) is 18.2 Å². The van der Waals surface area contributed by atoms with Gasteiger partial charge in [-0.2, -0.15) is 22.3 Å². The number of ether oxygens (including phenoxy) is 2. The van der Waals surface area contributed by atoms with E-state index in [1.54, 1.807) is 42.6 Å². The molecule has 0 aliphatic rings. The number of alkyl halides is 4. The summed E-state index contributed by atoms with van der Waals surface area (Å²) in [6.45, 7) is -6.47. The van der Waals surface area contributed by atoms with Crippen LogP contribution in [0.4, 0.5) is 22.0 Å². The van der Waals surface area contributed by atoms with Gasteiger partial charge in [0.2, 0.25) is 0 Å². The summed E-state index contributed by atoms with van der Waals surface area (Å²) in [5.41, 5.74) is 1.95. The maximum atomic E-state index is 13.2. The lowest BCUT2D eigenvalue weighted by Gasteiger charge is -2.20. The van der Waals surface area contributed by atoms with Crippen molar-refractivity contribution in [3.05, 3.63) is 113 Å². The molecule has 5 nitrogen and oxygen atoms in total. The van der Waals surface area contributed by atoms with Crippen molar-refractivity contribution in [2.45, 2.75) is 35.5 Å². The Morgan fingerprint density at radius 2 is 1.46 bits per heavy atom. The lowest BCUT2D eigenvalue weighted by atomic mass is 9.87. The Kier molecular flexibility index (Phi) is 8.44. The van der Waals surface area contributed by atoms with Gasteiger partial charge < -0.3 is 14.7 Å². The summed E-state index contributed by atoms with van der Waals surface area (Å²) in [6, 6.07) is 16.6. The number of hydrogen-bond acceptors (Lipinski definition) is 5. The largest absolute Gasteiger partial charge is 0.619 e. The highest BCUT2D eigenvalue weighted by Gasteiger charge is 2.21. The fourth-order valence-corrected chi connectivity index (χ4v) is 4.40. The SMILES string of the molecule is [O-][n+]1ccc(CC(c2ccc(Sc3ccc(F)cc3)nc2)c2ccc(OC(F)F)c(OC(F)F)c2)cc1. The van der Waals surface area contributed by atoms with Crippen LogP contribution in [0.25, 0.3) is 0 Å². The van der Waals surface area contributed by atoms with Crippen molar-refractivity contribution in [1.82, 2.24) is 4.98 Å². The van der Waals surface area contributed by atoms with Crippen LogP contribution in [0.15, 0.2) is 95.2 Å². The van der Waals surface area contributed by atoms with Gasteiger partial charge in [-0.15, -0.1) is 0 Å². The van der Waals surface area contributed by atoms with Gasteiger partial charge in [0.25, 0.3) is 0 Å². The quantitative estimate of drug-likeness (QED) is 0.131. The van der Waals surface area contributed by atoms with Gasteiger partial charge in [-0.3, -0.25) is 0 Å². The Hall–Kier alpha value is -3.86. The third-order valence-corrected chi connectivity index (χ3v) is 6.27. The second kappa shape index (κ2) is 11.9. The zero-order valence-electron chi connectivity index (χ0n) is 18.9. The molecule has 0 saturated carbocycles. The van der Waals surface area contributed by atoms with Crippen LogP contribution in [0, 0.1) is 11.0 Å². The van der Waals surface area contributed by atoms with Gasteiger partial charge in [0.15, 0.2) is 23.9 Å². The number of hydrogen-bond donors (Lipinski definition) is 0. The number of rotatable bonds is 10. The Balaban J connectivity index is 1.67. The van der Waals surface area contributed by atoms with Crippen LogP contribution >= 0.6 is 11.8 Å². The van der Waals surface area contributed by atoms with Crippen LogP contribution < -0.4 is 14.2 Å². The first-order valence-electron chi connectivity index (χ1n) is 10.9. The molecule has 0 aliphatic carbocycles. The molecule has 11 heteroatoms. The van der Waals surface area contributed by atoms with Crippen LogP contribution in [0.2, 0.25) is 0 Å². The number of pyridine rings is 2. The van der Waals surface area contributed by atoms with Crippen molar-refractivity contribution < 1.29 is 36.2 Å². The molecule has 37 heavy (non-hydrogen) atoms. The first kappa shape index (κ1) is 26.2. The van der Waals surface area contributed by atoms with Gasteiger partial charge >= 0.3 is 13.2 Å². The average molecular weight is 535 g/mol. The topological polar surface area (TPSA) is 58.3 Å². The predicted octanol–water partition coefficient (Wildman–Crippen LogP) is 6.58. The third kappa shape index (κ3) is 7.32. The van der Waals surface area contributed by atoms with E-state index < -0.39 is 30.6 Å². The van der Waals surface area contributed by atoms with Gasteiger partial charge in [-0.05, 0) is 65.6 Å². The summed E-state index contributed by atoms with van der Waals surface area (Å²) in [7, 11) is 0. The molecular formula is C26H19F5N2O3S. The monoisotopic (exact) mass is 534 g/mol. The zero-order chi connectivity index (χ0) is 26.4. The summed E-state index contributed by atoms with van der Waals surface area (Å²) < 4.78 is 74.1. The second-order valence-electron chi connectivity index (χ2n) is 7.77. The van der Waals surface area contributed by atoms with Gasteiger partial charge in [0.1, 0.15) is 10.8 Å². The van der Waals surface area contributed by atoms with Gasteiger partial charge in [-0.25, -0.2) is 9.37 Å². The maximum absolute atomic E-state index is 13.2. The minimum Gasteiger partial charge on any atom is -0.619 e. The summed E-state index contributed by atoms with van der Waals surface area (Å²) in [5.74, 6) is -1.85. The molecule has 0 N–H and O–H groups in total.